The molecule has 0 spiro atoms. The topological polar surface area (TPSA) is 93.2 Å². The molecule has 7 nitrogen and oxygen atoms in total. The third-order valence-electron chi connectivity index (χ3n) is 5.57. The molecule has 1 aliphatic carbocycles. The fraction of sp³-hybridized carbons (Fsp3) is 0.526. The zero-order valence-corrected chi connectivity index (χ0v) is 17.3. The predicted octanol–water partition coefficient (Wildman–Crippen LogP) is 2.57. The normalized spacial score (nSPS) is 16.8. The molecular formula is C19H22F3N5O2S. The second-order valence-corrected chi connectivity index (χ2v) is 8.85. The maximum absolute atomic E-state index is 13.3. The molecule has 1 aliphatic heterocycles. The van der Waals surface area contributed by atoms with E-state index in [0.29, 0.717) is 48.5 Å². The van der Waals surface area contributed by atoms with Gasteiger partial charge in [0.25, 0.3) is 5.91 Å². The number of amides is 2. The molecule has 4 rings (SSSR count). The van der Waals surface area contributed by atoms with Gasteiger partial charge in [-0.3, -0.25) is 14.3 Å². The lowest BCUT2D eigenvalue weighted by molar-refractivity contribution is -0.142. The molecule has 0 bridgehead atoms. The molecule has 3 N–H and O–H groups in total. The SMILES string of the molecule is CN1CCc2c(sc(NC(=O)Cn3nc(C(F)(F)F)c4c3CCCC4)c2C(N)=O)C1. The number of thiophene rings is 1. The maximum atomic E-state index is 13.3. The minimum absolute atomic E-state index is 0.189. The lowest BCUT2D eigenvalue weighted by atomic mass is 9.95. The van der Waals surface area contributed by atoms with E-state index in [9.17, 15) is 22.8 Å². The lowest BCUT2D eigenvalue weighted by Gasteiger charge is -2.22. The number of fused-ring (bicyclic) bond motifs is 2. The molecule has 0 fully saturated rings. The predicted molar refractivity (Wildman–Crippen MR) is 105 cm³/mol. The monoisotopic (exact) mass is 441 g/mol. The molecule has 11 heteroatoms. The molecule has 2 aromatic rings. The molecule has 0 saturated heterocycles. The number of likely N-dealkylation sites (N-methyl/N-ethyl adjacent to an activating group) is 1. The summed E-state index contributed by atoms with van der Waals surface area (Å²) in [5, 5.41) is 6.75. The minimum Gasteiger partial charge on any atom is -0.365 e. The zero-order valence-electron chi connectivity index (χ0n) is 16.4. The number of nitrogens with two attached hydrogens (primary N) is 1. The number of nitrogens with one attached hydrogen (secondary N) is 1. The van der Waals surface area contributed by atoms with E-state index < -0.39 is 23.7 Å². The van der Waals surface area contributed by atoms with Gasteiger partial charge in [-0.25, -0.2) is 0 Å². The molecule has 30 heavy (non-hydrogen) atoms. The molecule has 0 radical (unpaired) electrons. The van der Waals surface area contributed by atoms with E-state index in [1.807, 2.05) is 7.05 Å². The number of rotatable bonds is 4. The van der Waals surface area contributed by atoms with Crippen LogP contribution in [0.2, 0.25) is 0 Å². The number of carbonyl (C=O) groups excluding carboxylic acids is 2. The van der Waals surface area contributed by atoms with Gasteiger partial charge in [0.1, 0.15) is 11.5 Å². The number of nitrogens with zero attached hydrogens (tertiary/aromatic N) is 3. The summed E-state index contributed by atoms with van der Waals surface area (Å²) in [5.74, 6) is -1.16. The van der Waals surface area contributed by atoms with Crippen molar-refractivity contribution in [1.82, 2.24) is 14.7 Å². The average Bonchev–Trinajstić information content (AvgIpc) is 3.19. The van der Waals surface area contributed by atoms with Crippen LogP contribution in [0.3, 0.4) is 0 Å². The average molecular weight is 441 g/mol. The van der Waals surface area contributed by atoms with Crippen molar-refractivity contribution in [2.45, 2.75) is 51.4 Å². The summed E-state index contributed by atoms with van der Waals surface area (Å²) in [6.07, 6.45) is -1.71. The van der Waals surface area contributed by atoms with E-state index in [2.05, 4.69) is 15.3 Å². The summed E-state index contributed by atoms with van der Waals surface area (Å²) in [6, 6.07) is 0. The van der Waals surface area contributed by atoms with E-state index in [1.54, 1.807) is 0 Å². The van der Waals surface area contributed by atoms with E-state index in [-0.39, 0.29) is 12.1 Å². The highest BCUT2D eigenvalue weighted by Gasteiger charge is 2.39. The Balaban J connectivity index is 1.59. The highest BCUT2D eigenvalue weighted by Crippen LogP contribution is 2.37. The van der Waals surface area contributed by atoms with Gasteiger partial charge in [0.15, 0.2) is 5.69 Å². The first-order chi connectivity index (χ1) is 14.1. The summed E-state index contributed by atoms with van der Waals surface area (Å²) in [4.78, 5) is 27.7. The van der Waals surface area contributed by atoms with Crippen LogP contribution in [0, 0.1) is 0 Å². The Hall–Kier alpha value is -2.40. The van der Waals surface area contributed by atoms with Gasteiger partial charge in [-0.05, 0) is 44.7 Å². The Labute approximate surface area is 175 Å². The first-order valence-electron chi connectivity index (χ1n) is 9.73. The third-order valence-corrected chi connectivity index (χ3v) is 6.70. The zero-order chi connectivity index (χ0) is 21.6. The second-order valence-electron chi connectivity index (χ2n) is 7.74. The van der Waals surface area contributed by atoms with E-state index >= 15 is 0 Å². The van der Waals surface area contributed by atoms with Crippen molar-refractivity contribution in [2.24, 2.45) is 5.73 Å². The molecule has 0 atom stereocenters. The van der Waals surface area contributed by atoms with Gasteiger partial charge in [0, 0.05) is 29.2 Å². The van der Waals surface area contributed by atoms with E-state index in [1.165, 1.54) is 11.3 Å². The van der Waals surface area contributed by atoms with Crippen LogP contribution in [-0.4, -0.2) is 40.1 Å². The van der Waals surface area contributed by atoms with Crippen molar-refractivity contribution in [1.29, 1.82) is 0 Å². The van der Waals surface area contributed by atoms with E-state index in [0.717, 1.165) is 28.1 Å². The first kappa shape index (κ1) is 20.9. The Kier molecular flexibility index (Phi) is 5.35. The van der Waals surface area contributed by atoms with Gasteiger partial charge in [-0.2, -0.15) is 18.3 Å². The second kappa shape index (κ2) is 7.69. The molecular weight excluding hydrogens is 419 g/mol. The Morgan fingerprint density at radius 3 is 2.63 bits per heavy atom. The van der Waals surface area contributed by atoms with Gasteiger partial charge in [-0.15, -0.1) is 11.3 Å². The summed E-state index contributed by atoms with van der Waals surface area (Å²) < 4.78 is 41.2. The summed E-state index contributed by atoms with van der Waals surface area (Å²) >= 11 is 1.29. The third kappa shape index (κ3) is 3.83. The van der Waals surface area contributed by atoms with Gasteiger partial charge in [0.05, 0.1) is 5.56 Å². The Morgan fingerprint density at radius 1 is 1.20 bits per heavy atom. The summed E-state index contributed by atoms with van der Waals surface area (Å²) in [7, 11) is 1.96. The van der Waals surface area contributed by atoms with Gasteiger partial charge < -0.3 is 16.0 Å². The van der Waals surface area contributed by atoms with Crippen molar-refractivity contribution >= 4 is 28.2 Å². The number of aromatic nitrogens is 2. The largest absolute Gasteiger partial charge is 0.435 e. The molecule has 3 heterocycles. The number of anilines is 1. The smallest absolute Gasteiger partial charge is 0.365 e. The van der Waals surface area contributed by atoms with Crippen LogP contribution in [0.5, 0.6) is 0 Å². The van der Waals surface area contributed by atoms with Crippen molar-refractivity contribution in [2.75, 3.05) is 18.9 Å². The number of carbonyl (C=O) groups is 2. The highest BCUT2D eigenvalue weighted by atomic mass is 32.1. The molecule has 2 aromatic heterocycles. The molecule has 162 valence electrons. The number of hydrogen-bond donors (Lipinski definition) is 2. The fourth-order valence-electron chi connectivity index (χ4n) is 4.21. The molecule has 0 saturated carbocycles. The van der Waals surface area contributed by atoms with Crippen LogP contribution < -0.4 is 11.1 Å². The first-order valence-corrected chi connectivity index (χ1v) is 10.5. The van der Waals surface area contributed by atoms with E-state index in [4.69, 9.17) is 5.73 Å². The number of hydrogen-bond acceptors (Lipinski definition) is 5. The molecule has 0 aromatic carbocycles. The Bertz CT molecular complexity index is 1010. The lowest BCUT2D eigenvalue weighted by Crippen LogP contribution is -2.27. The molecule has 0 unspecified atom stereocenters. The van der Waals surface area contributed by atoms with Crippen molar-refractivity contribution < 1.29 is 22.8 Å². The van der Waals surface area contributed by atoms with Crippen LogP contribution in [0.4, 0.5) is 18.2 Å². The Morgan fingerprint density at radius 2 is 1.93 bits per heavy atom. The maximum Gasteiger partial charge on any atom is 0.435 e. The van der Waals surface area contributed by atoms with Crippen LogP contribution in [-0.2, 0) is 43.3 Å². The number of primary amides is 1. The van der Waals surface area contributed by atoms with Crippen molar-refractivity contribution in [3.8, 4) is 0 Å². The number of halogens is 3. The minimum atomic E-state index is -4.55. The van der Waals surface area contributed by atoms with Crippen LogP contribution in [0.25, 0.3) is 0 Å². The quantitative estimate of drug-likeness (QED) is 0.763. The van der Waals surface area contributed by atoms with Crippen molar-refractivity contribution in [3.05, 3.63) is 33.0 Å². The van der Waals surface area contributed by atoms with Crippen LogP contribution in [0.15, 0.2) is 0 Å². The van der Waals surface area contributed by atoms with Crippen LogP contribution in [0.1, 0.15) is 50.6 Å². The fourth-order valence-corrected chi connectivity index (χ4v) is 5.56. The summed E-state index contributed by atoms with van der Waals surface area (Å²) in [5.41, 5.74) is 6.44. The van der Waals surface area contributed by atoms with Gasteiger partial charge in [0.2, 0.25) is 5.91 Å². The standard InChI is InChI=1S/C19H22F3N5O2S/c1-26-7-6-11-13(8-26)30-18(15(11)17(23)29)24-14(28)9-27-12-5-3-2-4-10(12)16(25-27)19(20,21)22/h2-9H2,1H3,(H2,23,29)(H,24,28). The molecule has 2 aliphatic rings. The molecule has 2 amide bonds. The van der Waals surface area contributed by atoms with Gasteiger partial charge >= 0.3 is 6.18 Å². The van der Waals surface area contributed by atoms with Gasteiger partial charge in [-0.1, -0.05) is 0 Å². The summed E-state index contributed by atoms with van der Waals surface area (Å²) in [6.45, 7) is 1.08. The number of alkyl halides is 3. The van der Waals surface area contributed by atoms with Crippen LogP contribution >= 0.6 is 11.3 Å². The highest BCUT2D eigenvalue weighted by molar-refractivity contribution is 7.17. The van der Waals surface area contributed by atoms with Crippen molar-refractivity contribution in [3.63, 3.8) is 0 Å².